The summed E-state index contributed by atoms with van der Waals surface area (Å²) in [5.41, 5.74) is 1.99. The minimum Gasteiger partial charge on any atom is -0.490 e. The fourth-order valence-electron chi connectivity index (χ4n) is 3.74. The molecule has 0 unspecified atom stereocenters. The molecule has 4 rings (SSSR count). The smallest absolute Gasteiger partial charge is 0.227 e. The van der Waals surface area contributed by atoms with E-state index in [1.807, 2.05) is 40.7 Å². The third-order valence-corrected chi connectivity index (χ3v) is 5.29. The maximum absolute atomic E-state index is 13.0. The molecule has 1 atom stereocenters. The SMILES string of the molecule is C[C@@H](Cn1cnc2ccccc21)C(=O)N1CCC(Oc2ccc(F)cc2)CC1. The van der Waals surface area contributed by atoms with Crippen molar-refractivity contribution >= 4 is 16.9 Å². The molecule has 0 bridgehead atoms. The van der Waals surface area contributed by atoms with Gasteiger partial charge < -0.3 is 14.2 Å². The number of nitrogens with zero attached hydrogens (tertiary/aromatic N) is 3. The van der Waals surface area contributed by atoms with Gasteiger partial charge in [0.25, 0.3) is 0 Å². The average molecular weight is 381 g/mol. The molecule has 1 fully saturated rings. The van der Waals surface area contributed by atoms with Crippen molar-refractivity contribution < 1.29 is 13.9 Å². The van der Waals surface area contributed by atoms with Crippen molar-refractivity contribution in [2.45, 2.75) is 32.4 Å². The van der Waals surface area contributed by atoms with Crippen LogP contribution in [0, 0.1) is 11.7 Å². The molecule has 0 radical (unpaired) electrons. The van der Waals surface area contributed by atoms with Gasteiger partial charge in [0.2, 0.25) is 5.91 Å². The Balaban J connectivity index is 1.31. The van der Waals surface area contributed by atoms with E-state index in [0.717, 1.165) is 23.9 Å². The lowest BCUT2D eigenvalue weighted by molar-refractivity contribution is -0.137. The second kappa shape index (κ2) is 8.00. The van der Waals surface area contributed by atoms with Crippen LogP contribution in [0.5, 0.6) is 5.75 Å². The van der Waals surface area contributed by atoms with Gasteiger partial charge in [-0.15, -0.1) is 0 Å². The molecule has 1 amide bonds. The first-order valence-corrected chi connectivity index (χ1v) is 9.71. The summed E-state index contributed by atoms with van der Waals surface area (Å²) in [5, 5.41) is 0. The van der Waals surface area contributed by atoms with Crippen LogP contribution in [0.2, 0.25) is 0 Å². The van der Waals surface area contributed by atoms with E-state index in [1.165, 1.54) is 12.1 Å². The minimum atomic E-state index is -0.271. The van der Waals surface area contributed by atoms with Gasteiger partial charge in [-0.1, -0.05) is 19.1 Å². The quantitative estimate of drug-likeness (QED) is 0.674. The van der Waals surface area contributed by atoms with Crippen molar-refractivity contribution in [1.29, 1.82) is 0 Å². The van der Waals surface area contributed by atoms with Crippen molar-refractivity contribution in [3.8, 4) is 5.75 Å². The standard InChI is InChI=1S/C22H24FN3O2/c1-16(14-26-15-24-20-4-2-3-5-21(20)26)22(27)25-12-10-19(11-13-25)28-18-8-6-17(23)7-9-18/h2-9,15-16,19H,10-14H2,1H3/t16-/m0/s1. The van der Waals surface area contributed by atoms with Gasteiger partial charge in [0.1, 0.15) is 17.7 Å². The number of rotatable bonds is 5. The molecule has 0 aliphatic carbocycles. The van der Waals surface area contributed by atoms with E-state index in [9.17, 15) is 9.18 Å². The summed E-state index contributed by atoms with van der Waals surface area (Å²) in [6, 6.07) is 14.0. The Labute approximate surface area is 163 Å². The Kier molecular flexibility index (Phi) is 5.28. The Hall–Kier alpha value is -2.89. The number of para-hydroxylation sites is 2. The molecule has 146 valence electrons. The van der Waals surface area contributed by atoms with Gasteiger partial charge in [-0.05, 0) is 36.4 Å². The third kappa shape index (κ3) is 4.01. The van der Waals surface area contributed by atoms with Crippen molar-refractivity contribution in [2.24, 2.45) is 5.92 Å². The maximum Gasteiger partial charge on any atom is 0.227 e. The predicted molar refractivity (Wildman–Crippen MR) is 106 cm³/mol. The fourth-order valence-corrected chi connectivity index (χ4v) is 3.74. The van der Waals surface area contributed by atoms with E-state index in [4.69, 9.17) is 4.74 Å². The zero-order valence-electron chi connectivity index (χ0n) is 15.9. The number of amides is 1. The first-order valence-electron chi connectivity index (χ1n) is 9.71. The molecule has 2 aromatic carbocycles. The summed E-state index contributed by atoms with van der Waals surface area (Å²) in [6.45, 7) is 3.95. The predicted octanol–water partition coefficient (Wildman–Crippen LogP) is 3.88. The van der Waals surface area contributed by atoms with Gasteiger partial charge in [0.15, 0.2) is 0 Å². The molecule has 1 aliphatic heterocycles. The topological polar surface area (TPSA) is 47.4 Å². The Morgan fingerprint density at radius 2 is 1.89 bits per heavy atom. The molecule has 3 aromatic rings. The molecule has 0 N–H and O–H groups in total. The lowest BCUT2D eigenvalue weighted by atomic mass is 10.0. The van der Waals surface area contributed by atoms with Crippen LogP contribution in [0.1, 0.15) is 19.8 Å². The summed E-state index contributed by atoms with van der Waals surface area (Å²) >= 11 is 0. The molecule has 0 saturated carbocycles. The van der Waals surface area contributed by atoms with Crippen LogP contribution < -0.4 is 4.74 Å². The molecular weight excluding hydrogens is 357 g/mol. The molecule has 1 aromatic heterocycles. The van der Waals surface area contributed by atoms with Crippen LogP contribution in [0.3, 0.4) is 0 Å². The van der Waals surface area contributed by atoms with Crippen LogP contribution in [0.25, 0.3) is 11.0 Å². The molecule has 6 heteroatoms. The second-order valence-electron chi connectivity index (χ2n) is 7.38. The minimum absolute atomic E-state index is 0.0578. The third-order valence-electron chi connectivity index (χ3n) is 5.29. The number of carbonyl (C=O) groups is 1. The van der Waals surface area contributed by atoms with Gasteiger partial charge in [-0.2, -0.15) is 0 Å². The molecule has 1 saturated heterocycles. The molecule has 28 heavy (non-hydrogen) atoms. The molecular formula is C22H24FN3O2. The molecule has 0 spiro atoms. The van der Waals surface area contributed by atoms with E-state index < -0.39 is 0 Å². The number of imidazole rings is 1. The van der Waals surface area contributed by atoms with E-state index in [-0.39, 0.29) is 23.7 Å². The van der Waals surface area contributed by atoms with E-state index in [1.54, 1.807) is 18.5 Å². The highest BCUT2D eigenvalue weighted by Crippen LogP contribution is 2.21. The summed E-state index contributed by atoms with van der Waals surface area (Å²) in [5.74, 6) is 0.448. The first-order chi connectivity index (χ1) is 13.6. The summed E-state index contributed by atoms with van der Waals surface area (Å²) in [4.78, 5) is 19.2. The number of hydrogen-bond donors (Lipinski definition) is 0. The number of ether oxygens (including phenoxy) is 1. The van der Waals surface area contributed by atoms with Crippen LogP contribution in [0.15, 0.2) is 54.9 Å². The number of fused-ring (bicyclic) bond motifs is 1. The number of carbonyl (C=O) groups excluding carboxylic acids is 1. The van der Waals surface area contributed by atoms with Crippen molar-refractivity contribution in [3.63, 3.8) is 0 Å². The highest BCUT2D eigenvalue weighted by molar-refractivity contribution is 5.79. The molecule has 5 nitrogen and oxygen atoms in total. The average Bonchev–Trinajstić information content (AvgIpc) is 3.13. The zero-order valence-corrected chi connectivity index (χ0v) is 15.9. The maximum atomic E-state index is 13.0. The Morgan fingerprint density at radius 1 is 1.18 bits per heavy atom. The second-order valence-corrected chi connectivity index (χ2v) is 7.38. The van der Waals surface area contributed by atoms with E-state index in [0.29, 0.717) is 25.4 Å². The fraction of sp³-hybridized carbons (Fsp3) is 0.364. The number of piperidine rings is 1. The largest absolute Gasteiger partial charge is 0.490 e. The van der Waals surface area contributed by atoms with Crippen LogP contribution in [0.4, 0.5) is 4.39 Å². The highest BCUT2D eigenvalue weighted by atomic mass is 19.1. The van der Waals surface area contributed by atoms with Gasteiger partial charge in [-0.3, -0.25) is 4.79 Å². The van der Waals surface area contributed by atoms with Crippen LogP contribution in [-0.4, -0.2) is 39.6 Å². The van der Waals surface area contributed by atoms with Crippen LogP contribution in [-0.2, 0) is 11.3 Å². The number of hydrogen-bond acceptors (Lipinski definition) is 3. The normalized spacial score (nSPS) is 16.3. The number of aromatic nitrogens is 2. The van der Waals surface area contributed by atoms with Gasteiger partial charge in [0, 0.05) is 32.5 Å². The number of halogens is 1. The van der Waals surface area contributed by atoms with E-state index in [2.05, 4.69) is 4.98 Å². The van der Waals surface area contributed by atoms with E-state index >= 15 is 0 Å². The van der Waals surface area contributed by atoms with Crippen LogP contribution >= 0.6 is 0 Å². The summed E-state index contributed by atoms with van der Waals surface area (Å²) in [7, 11) is 0. The van der Waals surface area contributed by atoms with Crippen molar-refractivity contribution in [3.05, 3.63) is 60.7 Å². The highest BCUT2D eigenvalue weighted by Gasteiger charge is 2.27. The van der Waals surface area contributed by atoms with Gasteiger partial charge >= 0.3 is 0 Å². The molecule has 1 aliphatic rings. The van der Waals surface area contributed by atoms with Crippen molar-refractivity contribution in [2.75, 3.05) is 13.1 Å². The first kappa shape index (κ1) is 18.5. The Bertz CT molecular complexity index is 946. The number of benzene rings is 2. The monoisotopic (exact) mass is 381 g/mol. The van der Waals surface area contributed by atoms with Gasteiger partial charge in [-0.25, -0.2) is 9.37 Å². The van der Waals surface area contributed by atoms with Gasteiger partial charge in [0.05, 0.1) is 23.3 Å². The lowest BCUT2D eigenvalue weighted by Crippen LogP contribution is -2.44. The number of likely N-dealkylation sites (tertiary alicyclic amines) is 1. The zero-order chi connectivity index (χ0) is 19.5. The Morgan fingerprint density at radius 3 is 2.64 bits per heavy atom. The van der Waals surface area contributed by atoms with Crippen molar-refractivity contribution in [1.82, 2.24) is 14.5 Å². The summed E-state index contributed by atoms with van der Waals surface area (Å²) < 4.78 is 21.0. The lowest BCUT2D eigenvalue weighted by Gasteiger charge is -2.33. The summed E-state index contributed by atoms with van der Waals surface area (Å²) in [6.07, 6.45) is 3.42. The molecule has 2 heterocycles.